The molecular weight excluding hydrogens is 394 g/mol. The number of fused-ring (bicyclic) bond motifs is 1. The van der Waals surface area contributed by atoms with Crippen LogP contribution in [0.4, 0.5) is 0 Å². The lowest BCUT2D eigenvalue weighted by molar-refractivity contribution is -0.141. The third-order valence-corrected chi connectivity index (χ3v) is 5.98. The molecule has 2 aromatic carbocycles. The first-order valence-corrected chi connectivity index (χ1v) is 10.6. The highest BCUT2D eigenvalue weighted by Gasteiger charge is 2.27. The topological polar surface area (TPSA) is 77.6 Å². The Balaban J connectivity index is 1.78. The lowest BCUT2D eigenvalue weighted by atomic mass is 9.86. The molecule has 1 aliphatic heterocycles. The van der Waals surface area contributed by atoms with E-state index in [-0.39, 0.29) is 24.0 Å². The molecule has 2 atom stereocenters. The van der Waals surface area contributed by atoms with Crippen molar-refractivity contribution in [2.24, 2.45) is 0 Å². The monoisotopic (exact) mass is 421 g/mol. The summed E-state index contributed by atoms with van der Waals surface area (Å²) in [6.07, 6.45) is 4.94. The molecule has 1 N–H and O–H groups in total. The highest BCUT2D eigenvalue weighted by atomic mass is 16.5. The Labute approximate surface area is 181 Å². The van der Waals surface area contributed by atoms with E-state index in [0.29, 0.717) is 24.2 Å². The molecule has 6 heteroatoms. The first kappa shape index (κ1) is 21.0. The lowest BCUT2D eigenvalue weighted by Gasteiger charge is -2.20. The van der Waals surface area contributed by atoms with Gasteiger partial charge in [0.2, 0.25) is 0 Å². The molecule has 1 fully saturated rings. The number of aromatic amines is 1. The van der Waals surface area contributed by atoms with Crippen LogP contribution in [-0.4, -0.2) is 31.1 Å². The van der Waals surface area contributed by atoms with Gasteiger partial charge in [-0.25, -0.2) is 4.79 Å². The Kier molecular flexibility index (Phi) is 5.98. The van der Waals surface area contributed by atoms with E-state index in [4.69, 9.17) is 14.2 Å². The number of esters is 2. The number of benzene rings is 2. The van der Waals surface area contributed by atoms with Crippen LogP contribution in [0.1, 0.15) is 71.7 Å². The van der Waals surface area contributed by atoms with Crippen LogP contribution in [0.25, 0.3) is 10.9 Å². The van der Waals surface area contributed by atoms with Gasteiger partial charge in [0.05, 0.1) is 19.8 Å². The van der Waals surface area contributed by atoms with Crippen molar-refractivity contribution in [3.05, 3.63) is 64.8 Å². The van der Waals surface area contributed by atoms with Crippen molar-refractivity contribution in [1.82, 2.24) is 4.98 Å². The molecule has 0 aliphatic carbocycles. The minimum absolute atomic E-state index is 0.0850. The molecule has 1 saturated heterocycles. The zero-order valence-electron chi connectivity index (χ0n) is 18.1. The highest BCUT2D eigenvalue weighted by molar-refractivity contribution is 5.90. The summed E-state index contributed by atoms with van der Waals surface area (Å²) in [6.45, 7) is 2.15. The van der Waals surface area contributed by atoms with Crippen LogP contribution in [0.2, 0.25) is 0 Å². The second-order valence-electron chi connectivity index (χ2n) is 7.86. The largest absolute Gasteiger partial charge is 0.496 e. The van der Waals surface area contributed by atoms with Gasteiger partial charge in [0.1, 0.15) is 11.9 Å². The van der Waals surface area contributed by atoms with E-state index in [2.05, 4.69) is 18.0 Å². The van der Waals surface area contributed by atoms with Crippen LogP contribution in [-0.2, 0) is 14.3 Å². The lowest BCUT2D eigenvalue weighted by Crippen LogP contribution is -2.07. The molecular formula is C25H27NO5. The molecule has 6 nitrogen and oxygen atoms in total. The fourth-order valence-corrected chi connectivity index (χ4v) is 4.42. The van der Waals surface area contributed by atoms with Crippen molar-refractivity contribution in [2.45, 2.75) is 44.6 Å². The summed E-state index contributed by atoms with van der Waals surface area (Å²) >= 11 is 0. The first-order valence-electron chi connectivity index (χ1n) is 10.6. The van der Waals surface area contributed by atoms with Gasteiger partial charge >= 0.3 is 11.9 Å². The summed E-state index contributed by atoms with van der Waals surface area (Å²) < 4.78 is 16.0. The van der Waals surface area contributed by atoms with Crippen LogP contribution in [0.5, 0.6) is 5.75 Å². The van der Waals surface area contributed by atoms with E-state index in [1.165, 1.54) is 7.11 Å². The Hall–Kier alpha value is -3.28. The number of carbonyl (C=O) groups excluding carboxylic acids is 2. The number of nitrogens with one attached hydrogen (secondary N) is 1. The number of carbonyl (C=O) groups is 2. The van der Waals surface area contributed by atoms with Gasteiger partial charge in [-0.15, -0.1) is 0 Å². The van der Waals surface area contributed by atoms with Crippen LogP contribution >= 0.6 is 0 Å². The molecule has 1 aliphatic rings. The Morgan fingerprint density at radius 3 is 2.71 bits per heavy atom. The third-order valence-electron chi connectivity index (χ3n) is 5.98. The summed E-state index contributed by atoms with van der Waals surface area (Å²) in [5.41, 5.74) is 4.70. The number of aromatic nitrogens is 1. The van der Waals surface area contributed by atoms with Crippen LogP contribution in [0.15, 0.2) is 42.6 Å². The summed E-state index contributed by atoms with van der Waals surface area (Å²) in [5, 5.41) is 1.11. The van der Waals surface area contributed by atoms with E-state index in [9.17, 15) is 9.59 Å². The number of methoxy groups -OCH3 is 2. The van der Waals surface area contributed by atoms with Crippen molar-refractivity contribution < 1.29 is 23.8 Å². The van der Waals surface area contributed by atoms with Gasteiger partial charge in [0.15, 0.2) is 0 Å². The van der Waals surface area contributed by atoms with E-state index in [0.717, 1.165) is 40.4 Å². The molecule has 0 spiro atoms. The van der Waals surface area contributed by atoms with Crippen molar-refractivity contribution in [3.63, 3.8) is 0 Å². The van der Waals surface area contributed by atoms with Crippen LogP contribution in [0.3, 0.4) is 0 Å². The summed E-state index contributed by atoms with van der Waals surface area (Å²) in [4.78, 5) is 26.9. The van der Waals surface area contributed by atoms with E-state index in [1.54, 1.807) is 19.2 Å². The first-order chi connectivity index (χ1) is 15.0. The summed E-state index contributed by atoms with van der Waals surface area (Å²) in [7, 11) is 2.98. The van der Waals surface area contributed by atoms with Crippen molar-refractivity contribution in [1.29, 1.82) is 0 Å². The average molecular weight is 421 g/mol. The van der Waals surface area contributed by atoms with E-state index in [1.807, 2.05) is 24.4 Å². The zero-order chi connectivity index (χ0) is 22.0. The fraction of sp³-hybridized carbons (Fsp3) is 0.360. The van der Waals surface area contributed by atoms with Gasteiger partial charge < -0.3 is 19.2 Å². The molecule has 2 unspecified atom stereocenters. The molecule has 0 saturated carbocycles. The van der Waals surface area contributed by atoms with Crippen molar-refractivity contribution >= 4 is 22.8 Å². The molecule has 2 heterocycles. The molecule has 0 radical (unpaired) electrons. The smallest absolute Gasteiger partial charge is 0.337 e. The standard InChI is InChI=1S/C25H27NO5/c1-4-5-17(18-8-6-16(25(28)30-3)13-23(18)29-2)20-14-26-21-9-7-15(12-19(20)21)22-10-11-24(27)31-22/h6-9,12-14,17,22,26H,4-5,10-11H2,1-3H3. The molecule has 31 heavy (non-hydrogen) atoms. The minimum Gasteiger partial charge on any atom is -0.496 e. The van der Waals surface area contributed by atoms with Gasteiger partial charge in [0.25, 0.3) is 0 Å². The average Bonchev–Trinajstić information content (AvgIpc) is 3.42. The Morgan fingerprint density at radius 1 is 1.19 bits per heavy atom. The van der Waals surface area contributed by atoms with E-state index < -0.39 is 0 Å². The SMILES string of the molecule is CCCC(c1ccc(C(=O)OC)cc1OC)c1c[nH]c2ccc(C3CCC(=O)O3)cc12. The number of H-pyrrole nitrogens is 1. The van der Waals surface area contributed by atoms with Crippen LogP contribution < -0.4 is 4.74 Å². The maximum atomic E-state index is 12.0. The number of rotatable bonds is 7. The van der Waals surface area contributed by atoms with Gasteiger partial charge in [-0.1, -0.05) is 25.5 Å². The van der Waals surface area contributed by atoms with Crippen molar-refractivity contribution in [3.8, 4) is 5.75 Å². The number of ether oxygens (including phenoxy) is 3. The quantitative estimate of drug-likeness (QED) is 0.526. The predicted molar refractivity (Wildman–Crippen MR) is 117 cm³/mol. The molecule has 4 rings (SSSR count). The Morgan fingerprint density at radius 2 is 2.03 bits per heavy atom. The summed E-state index contributed by atoms with van der Waals surface area (Å²) in [5.74, 6) is 0.219. The van der Waals surface area contributed by atoms with Crippen LogP contribution in [0, 0.1) is 0 Å². The maximum Gasteiger partial charge on any atom is 0.337 e. The maximum absolute atomic E-state index is 12.0. The number of hydrogen-bond donors (Lipinski definition) is 1. The third kappa shape index (κ3) is 4.02. The van der Waals surface area contributed by atoms with Gasteiger partial charge in [-0.2, -0.15) is 0 Å². The number of hydrogen-bond acceptors (Lipinski definition) is 5. The fourth-order valence-electron chi connectivity index (χ4n) is 4.42. The molecule has 162 valence electrons. The molecule has 0 bridgehead atoms. The minimum atomic E-state index is -0.389. The second kappa shape index (κ2) is 8.84. The highest BCUT2D eigenvalue weighted by Crippen LogP contribution is 2.40. The second-order valence-corrected chi connectivity index (χ2v) is 7.86. The van der Waals surface area contributed by atoms with Crippen molar-refractivity contribution in [2.75, 3.05) is 14.2 Å². The van der Waals surface area contributed by atoms with E-state index >= 15 is 0 Å². The predicted octanol–water partition coefficient (Wildman–Crippen LogP) is 5.27. The number of cyclic esters (lactones) is 1. The molecule has 0 amide bonds. The molecule has 3 aromatic rings. The zero-order valence-corrected chi connectivity index (χ0v) is 18.1. The molecule has 1 aromatic heterocycles. The van der Waals surface area contributed by atoms with Gasteiger partial charge in [-0.3, -0.25) is 4.79 Å². The van der Waals surface area contributed by atoms with Gasteiger partial charge in [-0.05, 0) is 48.2 Å². The van der Waals surface area contributed by atoms with Gasteiger partial charge in [0, 0.05) is 35.0 Å². The Bertz CT molecular complexity index is 1120. The normalized spacial score (nSPS) is 16.9. The summed E-state index contributed by atoms with van der Waals surface area (Å²) in [6, 6.07) is 11.7.